The Balaban J connectivity index is 1.83. The molecule has 14 heteroatoms. The summed E-state index contributed by atoms with van der Waals surface area (Å²) in [6, 6.07) is 14.8. The first-order valence-electron chi connectivity index (χ1n) is 15.2. The molecule has 0 bridgehead atoms. The molecular weight excluding hydrogens is 645 g/mol. The zero-order valence-electron chi connectivity index (χ0n) is 27.5. The number of non-ortho nitro benzene ring substituents is 1. The maximum Gasteiger partial charge on any atom is 0.270 e. The number of methoxy groups -OCH3 is 1. The van der Waals surface area contributed by atoms with Crippen LogP contribution in [0.15, 0.2) is 84.3 Å². The van der Waals surface area contributed by atoms with Gasteiger partial charge in [0.05, 0.1) is 54.0 Å². The number of nitrogens with zero attached hydrogens (tertiary/aromatic N) is 3. The van der Waals surface area contributed by atoms with Crippen LogP contribution in [0.3, 0.4) is 0 Å². The molecule has 0 spiro atoms. The minimum Gasteiger partial charge on any atom is -0.497 e. The summed E-state index contributed by atoms with van der Waals surface area (Å²) in [5.74, 6) is -0.353. The summed E-state index contributed by atoms with van der Waals surface area (Å²) in [5.41, 5.74) is 0.512. The number of carbonyl (C=O) groups is 1. The van der Waals surface area contributed by atoms with Gasteiger partial charge in [0.2, 0.25) is 10.0 Å². The Labute approximate surface area is 280 Å². The molecule has 48 heavy (non-hydrogen) atoms. The Bertz CT molecular complexity index is 1640. The fourth-order valence-electron chi connectivity index (χ4n) is 4.80. The van der Waals surface area contributed by atoms with Gasteiger partial charge in [-0.05, 0) is 68.3 Å². The van der Waals surface area contributed by atoms with Crippen LogP contribution < -0.4 is 9.47 Å². The molecule has 0 aliphatic carbocycles. The van der Waals surface area contributed by atoms with Crippen molar-refractivity contribution in [2.45, 2.75) is 56.4 Å². The molecule has 3 rings (SSSR count). The van der Waals surface area contributed by atoms with Gasteiger partial charge in [0, 0.05) is 38.7 Å². The molecule has 1 N–H and O–H groups in total. The third kappa shape index (κ3) is 10.6. The van der Waals surface area contributed by atoms with Gasteiger partial charge in [-0.15, -0.1) is 6.58 Å². The smallest absolute Gasteiger partial charge is 0.270 e. The second kappa shape index (κ2) is 17.7. The third-order valence-electron chi connectivity index (χ3n) is 7.50. The van der Waals surface area contributed by atoms with Crippen molar-refractivity contribution in [1.82, 2.24) is 9.21 Å². The van der Waals surface area contributed by atoms with E-state index in [0.29, 0.717) is 12.2 Å². The number of aliphatic hydroxyl groups is 1. The first kappa shape index (κ1) is 38.1. The summed E-state index contributed by atoms with van der Waals surface area (Å²) < 4.78 is 57.3. The number of amides is 1. The number of benzene rings is 3. The summed E-state index contributed by atoms with van der Waals surface area (Å²) in [5, 5.41) is 22.5. The fourth-order valence-corrected chi connectivity index (χ4v) is 6.01. The number of ether oxygens (including phenoxy) is 3. The van der Waals surface area contributed by atoms with Crippen LogP contribution in [0.25, 0.3) is 0 Å². The molecule has 0 fully saturated rings. The summed E-state index contributed by atoms with van der Waals surface area (Å²) in [7, 11) is -1.18. The number of rotatable bonds is 19. The lowest BCUT2D eigenvalue weighted by Gasteiger charge is -2.31. The molecule has 3 aromatic rings. The van der Waals surface area contributed by atoms with Gasteiger partial charge in [-0.2, -0.15) is 4.31 Å². The minimum atomic E-state index is -4.03. The lowest BCUT2D eigenvalue weighted by Crippen LogP contribution is -2.44. The molecule has 0 aliphatic heterocycles. The van der Waals surface area contributed by atoms with Crippen LogP contribution in [0.5, 0.6) is 11.5 Å². The Hall–Kier alpha value is -4.37. The predicted octanol–water partition coefficient (Wildman–Crippen LogP) is 5.21. The standard InChI is InChI=1S/C34H42FN3O9S/c1-6-7-25(3)47-33-17-12-28(38(41)42)20-32(33)34(40)37(24(2)22-46-23-26-8-13-30(45-5)14-9-26)19-18-29(39)21-36(4)48(43,44)31-15-10-27(35)11-16-31/h6,8-17,20,24-25,29,39H,1,7,18-19,21-23H2,2-5H3/t24-,25-,29?/m0/s1. The molecular formula is C34H42FN3O9S. The lowest BCUT2D eigenvalue weighted by molar-refractivity contribution is -0.384. The Kier molecular flexibility index (Phi) is 14.0. The van der Waals surface area contributed by atoms with E-state index in [0.717, 1.165) is 40.2 Å². The molecule has 1 unspecified atom stereocenters. The van der Waals surface area contributed by atoms with Crippen molar-refractivity contribution in [2.75, 3.05) is 33.9 Å². The molecule has 260 valence electrons. The SMILES string of the molecule is C=CC[C@H](C)Oc1ccc([N+](=O)[O-])cc1C(=O)N(CCC(O)CN(C)S(=O)(=O)c1ccc(F)cc1)[C@@H](C)COCc1ccc(OC)cc1. The van der Waals surface area contributed by atoms with Crippen molar-refractivity contribution >= 4 is 21.6 Å². The molecule has 1 amide bonds. The van der Waals surface area contributed by atoms with Crippen molar-refractivity contribution in [1.29, 1.82) is 0 Å². The zero-order chi connectivity index (χ0) is 35.4. The van der Waals surface area contributed by atoms with Gasteiger partial charge in [-0.1, -0.05) is 18.2 Å². The third-order valence-corrected chi connectivity index (χ3v) is 9.34. The monoisotopic (exact) mass is 687 g/mol. The van der Waals surface area contributed by atoms with Gasteiger partial charge in [0.1, 0.15) is 17.3 Å². The molecule has 0 heterocycles. The van der Waals surface area contributed by atoms with E-state index in [1.54, 1.807) is 39.2 Å². The topological polar surface area (TPSA) is 149 Å². The molecule has 0 aromatic heterocycles. The van der Waals surface area contributed by atoms with Gasteiger partial charge in [0.15, 0.2) is 0 Å². The van der Waals surface area contributed by atoms with Crippen molar-refractivity contribution in [3.8, 4) is 11.5 Å². The number of hydrogen-bond acceptors (Lipinski definition) is 9. The summed E-state index contributed by atoms with van der Waals surface area (Å²) in [6.45, 7) is 7.15. The van der Waals surface area contributed by atoms with Gasteiger partial charge < -0.3 is 24.2 Å². The highest BCUT2D eigenvalue weighted by atomic mass is 32.2. The highest BCUT2D eigenvalue weighted by Crippen LogP contribution is 2.28. The van der Waals surface area contributed by atoms with Crippen LogP contribution >= 0.6 is 0 Å². The molecule has 0 saturated carbocycles. The number of carbonyl (C=O) groups excluding carboxylic acids is 1. The van der Waals surface area contributed by atoms with E-state index in [9.17, 15) is 32.8 Å². The average Bonchev–Trinajstić information content (AvgIpc) is 3.05. The molecule has 0 radical (unpaired) electrons. The number of nitro benzene ring substituents is 1. The van der Waals surface area contributed by atoms with E-state index < -0.39 is 38.8 Å². The van der Waals surface area contributed by atoms with Gasteiger partial charge in [-0.3, -0.25) is 14.9 Å². The average molecular weight is 688 g/mol. The van der Waals surface area contributed by atoms with E-state index in [1.165, 1.54) is 24.1 Å². The molecule has 3 atom stereocenters. The first-order chi connectivity index (χ1) is 22.8. The predicted molar refractivity (Wildman–Crippen MR) is 178 cm³/mol. The second-order valence-electron chi connectivity index (χ2n) is 11.3. The molecule has 3 aromatic carbocycles. The number of nitro groups is 1. The van der Waals surface area contributed by atoms with E-state index in [4.69, 9.17) is 14.2 Å². The number of likely N-dealkylation sites (N-methyl/N-ethyl adjacent to an activating group) is 1. The van der Waals surface area contributed by atoms with Crippen LogP contribution in [0, 0.1) is 15.9 Å². The Morgan fingerprint density at radius 1 is 1.10 bits per heavy atom. The van der Waals surface area contributed by atoms with Crippen LogP contribution in [0.2, 0.25) is 0 Å². The normalized spacial score (nSPS) is 13.4. The Morgan fingerprint density at radius 2 is 1.77 bits per heavy atom. The molecule has 12 nitrogen and oxygen atoms in total. The summed E-state index contributed by atoms with van der Waals surface area (Å²) >= 11 is 0. The van der Waals surface area contributed by atoms with Crippen LogP contribution in [-0.4, -0.2) is 85.7 Å². The summed E-state index contributed by atoms with van der Waals surface area (Å²) in [6.07, 6.45) is 0.483. The maximum absolute atomic E-state index is 14.1. The highest BCUT2D eigenvalue weighted by molar-refractivity contribution is 7.89. The van der Waals surface area contributed by atoms with E-state index in [-0.39, 0.29) is 60.7 Å². The van der Waals surface area contributed by atoms with E-state index in [1.807, 2.05) is 12.1 Å². The number of aliphatic hydroxyl groups excluding tert-OH is 1. The van der Waals surface area contributed by atoms with Crippen LogP contribution in [-0.2, 0) is 21.4 Å². The second-order valence-corrected chi connectivity index (χ2v) is 13.3. The van der Waals surface area contributed by atoms with Crippen molar-refractivity contribution < 1.29 is 41.8 Å². The quantitative estimate of drug-likeness (QED) is 0.102. The largest absolute Gasteiger partial charge is 0.497 e. The van der Waals surface area contributed by atoms with Gasteiger partial charge in [-0.25, -0.2) is 12.8 Å². The van der Waals surface area contributed by atoms with Gasteiger partial charge >= 0.3 is 0 Å². The maximum atomic E-state index is 14.1. The van der Waals surface area contributed by atoms with E-state index in [2.05, 4.69) is 6.58 Å². The van der Waals surface area contributed by atoms with Crippen LogP contribution in [0.4, 0.5) is 10.1 Å². The van der Waals surface area contributed by atoms with Gasteiger partial charge in [0.25, 0.3) is 11.6 Å². The van der Waals surface area contributed by atoms with Crippen molar-refractivity contribution in [3.63, 3.8) is 0 Å². The number of sulfonamides is 1. The molecule has 0 aliphatic rings. The Morgan fingerprint density at radius 3 is 2.38 bits per heavy atom. The van der Waals surface area contributed by atoms with Crippen molar-refractivity contribution in [2.24, 2.45) is 0 Å². The first-order valence-corrected chi connectivity index (χ1v) is 16.7. The number of halogens is 1. The van der Waals surface area contributed by atoms with E-state index >= 15 is 0 Å². The van der Waals surface area contributed by atoms with Crippen LogP contribution in [0.1, 0.15) is 42.6 Å². The lowest BCUT2D eigenvalue weighted by atomic mass is 10.1. The minimum absolute atomic E-state index is 0.0458. The molecule has 0 saturated heterocycles. The highest BCUT2D eigenvalue weighted by Gasteiger charge is 2.29. The zero-order valence-corrected chi connectivity index (χ0v) is 28.3. The van der Waals surface area contributed by atoms with Crippen molar-refractivity contribution in [3.05, 3.63) is 106 Å². The summed E-state index contributed by atoms with van der Waals surface area (Å²) in [4.78, 5) is 26.5. The fraction of sp³-hybridized carbons (Fsp3) is 0.382. The number of hydrogen-bond donors (Lipinski definition) is 1.